The van der Waals surface area contributed by atoms with Gasteiger partial charge in [0.2, 0.25) is 0 Å². The summed E-state index contributed by atoms with van der Waals surface area (Å²) in [4.78, 5) is 9.44. The third kappa shape index (κ3) is 9.45. The Morgan fingerprint density at radius 2 is 1.27 bits per heavy atom. The Labute approximate surface area is 304 Å². The quantitative estimate of drug-likeness (QED) is 0.118. The first-order chi connectivity index (χ1) is 22.4. The third-order valence-electron chi connectivity index (χ3n) is 8.57. The molecule has 2 aromatic heterocycles. The van der Waals surface area contributed by atoms with E-state index in [1.54, 1.807) is 0 Å². The number of aryl methyl sites for hydroxylation is 1. The van der Waals surface area contributed by atoms with E-state index in [1.165, 1.54) is 38.2 Å². The van der Waals surface area contributed by atoms with E-state index in [9.17, 15) is 0 Å². The molecule has 0 saturated carbocycles. The van der Waals surface area contributed by atoms with Crippen molar-refractivity contribution in [1.82, 2.24) is 9.97 Å². The van der Waals surface area contributed by atoms with Crippen LogP contribution in [0.4, 0.5) is 0 Å². The van der Waals surface area contributed by atoms with Gasteiger partial charge in [0.1, 0.15) is 0 Å². The minimum atomic E-state index is -1.48. The predicted molar refractivity (Wildman–Crippen MR) is 207 cm³/mol. The molecule has 0 aliphatic heterocycles. The molecule has 0 fully saturated rings. The zero-order valence-electron chi connectivity index (χ0n) is 29.4. The minimum absolute atomic E-state index is 0. The molecule has 5 heteroatoms. The molecule has 1 unspecified atom stereocenters. The summed E-state index contributed by atoms with van der Waals surface area (Å²) < 4.78 is 0. The van der Waals surface area contributed by atoms with Crippen molar-refractivity contribution >= 4 is 26.5 Å². The summed E-state index contributed by atoms with van der Waals surface area (Å²) in [7, 11) is -2.77. The maximum absolute atomic E-state index is 4.79. The van der Waals surface area contributed by atoms with Crippen molar-refractivity contribution in [2.24, 2.45) is 0 Å². The number of hydrogen-bond donors (Lipinski definition) is 0. The van der Waals surface area contributed by atoms with Gasteiger partial charge in [0, 0.05) is 38.4 Å². The zero-order valence-corrected chi connectivity index (χ0v) is 33.8. The second kappa shape index (κ2) is 16.1. The van der Waals surface area contributed by atoms with Crippen molar-refractivity contribution in [3.8, 4) is 33.6 Å². The molecule has 0 saturated heterocycles. The molecular formula is C43H46IrN2Si2-2. The second-order valence-electron chi connectivity index (χ2n) is 14.4. The Morgan fingerprint density at radius 1 is 0.604 bits per heavy atom. The SMILES string of the molecule is C[Si](C)(C)c1ccc(-c2[c-]ccc(-c3ccccc3)c2)nc1.Cc1c[c-]c(-c2cc(C(C)c3ccccc3)c([Si](C)(C)C)cn2)cc1.[Ir]. The monoisotopic (exact) mass is 839 g/mol. The standard InChI is InChI=1S/C23H26NSi.C20H20NSi.Ir/c1-17-11-13-20(14-12-17)22-15-21(23(16-24-22)25(3,4)5)18(2)19-9-7-6-8-10-19;1-22(2,3)19-12-13-20(21-15-19)18-11-7-10-17(14-18)16-8-5-4-6-9-16;/h6-13,15-16,18H,1-5H3;4-10,12-15H,1-3H3;/q2*-1;. The fourth-order valence-corrected chi connectivity index (χ4v) is 8.25. The number of rotatable bonds is 7. The van der Waals surface area contributed by atoms with Crippen LogP contribution in [0.2, 0.25) is 39.3 Å². The molecular weight excluding hydrogens is 793 g/mol. The van der Waals surface area contributed by atoms with Crippen LogP contribution in [0.3, 0.4) is 0 Å². The van der Waals surface area contributed by atoms with Gasteiger partial charge in [-0.25, -0.2) is 0 Å². The number of pyridine rings is 2. The maximum Gasteiger partial charge on any atom is 0.0799 e. The van der Waals surface area contributed by atoms with Gasteiger partial charge in [-0.15, -0.1) is 70.8 Å². The maximum atomic E-state index is 4.79. The van der Waals surface area contributed by atoms with Crippen LogP contribution >= 0.6 is 0 Å². The van der Waals surface area contributed by atoms with Gasteiger partial charge in [0.05, 0.1) is 16.1 Å². The first-order valence-electron chi connectivity index (χ1n) is 16.5. The van der Waals surface area contributed by atoms with Crippen LogP contribution in [-0.4, -0.2) is 26.1 Å². The largest absolute Gasteiger partial charge is 0.305 e. The van der Waals surface area contributed by atoms with Crippen molar-refractivity contribution < 1.29 is 20.1 Å². The molecule has 6 rings (SSSR count). The summed E-state index contributed by atoms with van der Waals surface area (Å²) in [5, 5.41) is 2.83. The van der Waals surface area contributed by atoms with Gasteiger partial charge in [-0.2, -0.15) is 0 Å². The fraction of sp³-hybridized carbons (Fsp3) is 0.209. The summed E-state index contributed by atoms with van der Waals surface area (Å²) in [6.07, 6.45) is 4.15. The van der Waals surface area contributed by atoms with Gasteiger partial charge < -0.3 is 9.97 Å². The Morgan fingerprint density at radius 3 is 1.85 bits per heavy atom. The Hall–Kier alpha value is -3.74. The van der Waals surface area contributed by atoms with Crippen LogP contribution in [0.5, 0.6) is 0 Å². The van der Waals surface area contributed by atoms with Crippen LogP contribution in [0.15, 0.2) is 128 Å². The summed E-state index contributed by atoms with van der Waals surface area (Å²) >= 11 is 0. The van der Waals surface area contributed by atoms with Crippen molar-refractivity contribution in [3.05, 3.63) is 156 Å². The number of nitrogens with zero attached hydrogens (tertiary/aromatic N) is 2. The Bertz CT molecular complexity index is 1890. The summed E-state index contributed by atoms with van der Waals surface area (Å²) in [5.74, 6) is 0.357. The number of hydrogen-bond acceptors (Lipinski definition) is 2. The second-order valence-corrected chi connectivity index (χ2v) is 24.5. The van der Waals surface area contributed by atoms with E-state index < -0.39 is 16.1 Å². The van der Waals surface area contributed by atoms with E-state index in [0.29, 0.717) is 5.92 Å². The predicted octanol–water partition coefficient (Wildman–Crippen LogP) is 10.3. The van der Waals surface area contributed by atoms with Crippen LogP contribution in [-0.2, 0) is 20.1 Å². The molecule has 48 heavy (non-hydrogen) atoms. The average molecular weight is 839 g/mol. The average Bonchev–Trinajstić information content (AvgIpc) is 3.08. The van der Waals surface area contributed by atoms with Crippen molar-refractivity contribution in [3.63, 3.8) is 0 Å². The molecule has 2 nitrogen and oxygen atoms in total. The van der Waals surface area contributed by atoms with Gasteiger partial charge in [0.15, 0.2) is 0 Å². The number of aromatic nitrogens is 2. The first kappa shape index (κ1) is 37.1. The number of benzene rings is 4. The van der Waals surface area contributed by atoms with Gasteiger partial charge in [-0.1, -0.05) is 132 Å². The molecule has 0 amide bonds. The van der Waals surface area contributed by atoms with Gasteiger partial charge in [0.25, 0.3) is 0 Å². The molecule has 6 aromatic rings. The molecule has 1 atom stereocenters. The Balaban J connectivity index is 0.000000214. The van der Waals surface area contributed by atoms with E-state index in [1.807, 2.05) is 24.4 Å². The molecule has 0 aliphatic rings. The molecule has 1 radical (unpaired) electrons. The van der Waals surface area contributed by atoms with Crippen molar-refractivity contribution in [2.75, 3.05) is 0 Å². The smallest absolute Gasteiger partial charge is 0.0799 e. The van der Waals surface area contributed by atoms with Crippen LogP contribution in [0.25, 0.3) is 33.6 Å². The molecule has 4 aromatic carbocycles. The third-order valence-corrected chi connectivity index (χ3v) is 12.6. The van der Waals surface area contributed by atoms with Crippen LogP contribution in [0.1, 0.15) is 29.5 Å². The van der Waals surface area contributed by atoms with E-state index >= 15 is 0 Å². The van der Waals surface area contributed by atoms with Gasteiger partial charge in [-0.3, -0.25) is 0 Å². The minimum Gasteiger partial charge on any atom is -0.305 e. The van der Waals surface area contributed by atoms with Gasteiger partial charge >= 0.3 is 0 Å². The Kier molecular flexibility index (Phi) is 12.4. The van der Waals surface area contributed by atoms with Gasteiger partial charge in [-0.05, 0) is 38.5 Å². The first-order valence-corrected chi connectivity index (χ1v) is 23.5. The molecule has 0 N–H and O–H groups in total. The molecule has 0 spiro atoms. The molecule has 2 heterocycles. The molecule has 247 valence electrons. The van der Waals surface area contributed by atoms with E-state index in [4.69, 9.17) is 4.98 Å². The van der Waals surface area contributed by atoms with Crippen LogP contribution < -0.4 is 10.4 Å². The van der Waals surface area contributed by atoms with E-state index in [2.05, 4.69) is 174 Å². The zero-order chi connectivity index (χ0) is 33.6. The fourth-order valence-electron chi connectivity index (χ4n) is 5.61. The summed E-state index contributed by atoms with van der Waals surface area (Å²) in [6, 6.07) is 47.0. The molecule has 0 bridgehead atoms. The van der Waals surface area contributed by atoms with Crippen LogP contribution in [0, 0.1) is 19.1 Å². The van der Waals surface area contributed by atoms with E-state index in [-0.39, 0.29) is 20.1 Å². The normalized spacial score (nSPS) is 11.9. The topological polar surface area (TPSA) is 25.8 Å². The van der Waals surface area contributed by atoms with Crippen molar-refractivity contribution in [2.45, 2.75) is 59.0 Å². The summed E-state index contributed by atoms with van der Waals surface area (Å²) in [5.41, 5.74) is 10.5. The van der Waals surface area contributed by atoms with Crippen molar-refractivity contribution in [1.29, 1.82) is 0 Å². The molecule has 0 aliphatic carbocycles. The van der Waals surface area contributed by atoms with E-state index in [0.717, 1.165) is 22.5 Å². The summed E-state index contributed by atoms with van der Waals surface area (Å²) in [6.45, 7) is 18.6.